The summed E-state index contributed by atoms with van der Waals surface area (Å²) in [5.41, 5.74) is 2.39. The van der Waals surface area contributed by atoms with Crippen molar-refractivity contribution in [3.05, 3.63) is 29.3 Å². The molecule has 26 heavy (non-hydrogen) atoms. The molecular formula is C23H33NO2. The molecule has 1 aromatic rings. The van der Waals surface area contributed by atoms with Crippen molar-refractivity contribution in [3.63, 3.8) is 0 Å². The van der Waals surface area contributed by atoms with E-state index >= 15 is 0 Å². The Labute approximate surface area is 157 Å². The van der Waals surface area contributed by atoms with Crippen LogP contribution in [0.5, 0.6) is 5.75 Å². The van der Waals surface area contributed by atoms with E-state index < -0.39 is 6.10 Å². The number of nitrogens with one attached hydrogen (secondary N) is 1. The van der Waals surface area contributed by atoms with E-state index in [4.69, 9.17) is 4.74 Å². The Kier molecular flexibility index (Phi) is 4.53. The first-order valence-electron chi connectivity index (χ1n) is 10.4. The molecule has 1 N–H and O–H groups in total. The van der Waals surface area contributed by atoms with E-state index in [1.54, 1.807) is 0 Å². The van der Waals surface area contributed by atoms with Gasteiger partial charge in [0.15, 0.2) is 6.10 Å². The molecule has 0 aromatic heterocycles. The number of rotatable bonds is 5. The molecule has 0 spiro atoms. The van der Waals surface area contributed by atoms with Gasteiger partial charge in [-0.15, -0.1) is 0 Å². The van der Waals surface area contributed by atoms with Gasteiger partial charge in [-0.05, 0) is 93.2 Å². The first-order valence-corrected chi connectivity index (χ1v) is 10.4. The predicted molar refractivity (Wildman–Crippen MR) is 104 cm³/mol. The average Bonchev–Trinajstić information content (AvgIpc) is 2.52. The van der Waals surface area contributed by atoms with Crippen LogP contribution < -0.4 is 10.1 Å². The Morgan fingerprint density at radius 3 is 2.19 bits per heavy atom. The summed E-state index contributed by atoms with van der Waals surface area (Å²) < 4.78 is 6.15. The van der Waals surface area contributed by atoms with E-state index in [1.165, 1.54) is 44.1 Å². The molecule has 1 unspecified atom stereocenters. The van der Waals surface area contributed by atoms with Crippen LogP contribution in [0.1, 0.15) is 76.3 Å². The highest BCUT2D eigenvalue weighted by atomic mass is 16.5. The molecule has 0 heterocycles. The summed E-state index contributed by atoms with van der Waals surface area (Å²) in [5, 5.41) is 3.44. The maximum atomic E-state index is 13.0. The number of amides is 1. The van der Waals surface area contributed by atoms with Crippen LogP contribution in [0.15, 0.2) is 18.2 Å². The van der Waals surface area contributed by atoms with Crippen molar-refractivity contribution in [2.75, 3.05) is 0 Å². The van der Waals surface area contributed by atoms with Gasteiger partial charge in [0, 0.05) is 5.54 Å². The third-order valence-corrected chi connectivity index (χ3v) is 6.89. The lowest BCUT2D eigenvalue weighted by Gasteiger charge is -2.57. The Morgan fingerprint density at radius 2 is 1.65 bits per heavy atom. The monoisotopic (exact) mass is 355 g/mol. The third kappa shape index (κ3) is 3.37. The number of ether oxygens (including phenoxy) is 1. The molecule has 4 bridgehead atoms. The van der Waals surface area contributed by atoms with Crippen molar-refractivity contribution >= 4 is 5.91 Å². The number of benzene rings is 1. The van der Waals surface area contributed by atoms with Crippen LogP contribution in [0.4, 0.5) is 0 Å². The molecule has 1 aromatic carbocycles. The maximum absolute atomic E-state index is 13.0. The first kappa shape index (κ1) is 17.9. The minimum atomic E-state index is -0.456. The normalized spacial score (nSPS) is 33.3. The fraction of sp³-hybridized carbons (Fsp3) is 0.696. The highest BCUT2D eigenvalue weighted by Gasteiger charge is 2.51. The molecule has 4 saturated carbocycles. The summed E-state index contributed by atoms with van der Waals surface area (Å²) in [6, 6.07) is 6.30. The summed E-state index contributed by atoms with van der Waals surface area (Å²) in [5.74, 6) is 3.80. The van der Waals surface area contributed by atoms with Crippen molar-refractivity contribution in [1.29, 1.82) is 0 Å². The average molecular weight is 356 g/mol. The first-order chi connectivity index (χ1) is 12.3. The van der Waals surface area contributed by atoms with E-state index in [-0.39, 0.29) is 11.4 Å². The summed E-state index contributed by atoms with van der Waals surface area (Å²) >= 11 is 0. The highest BCUT2D eigenvalue weighted by molar-refractivity contribution is 5.81. The van der Waals surface area contributed by atoms with E-state index in [0.29, 0.717) is 5.92 Å². The number of hydrogen-bond donors (Lipinski definition) is 1. The third-order valence-electron chi connectivity index (χ3n) is 6.89. The smallest absolute Gasteiger partial charge is 0.261 e. The van der Waals surface area contributed by atoms with Crippen LogP contribution >= 0.6 is 0 Å². The molecule has 4 aliphatic rings. The van der Waals surface area contributed by atoms with Crippen LogP contribution in [-0.4, -0.2) is 17.6 Å². The van der Waals surface area contributed by atoms with Gasteiger partial charge in [-0.2, -0.15) is 0 Å². The molecule has 1 atom stereocenters. The second-order valence-electron chi connectivity index (χ2n) is 9.64. The molecular weight excluding hydrogens is 322 g/mol. The number of carbonyl (C=O) groups excluding carboxylic acids is 1. The molecule has 5 rings (SSSR count). The molecule has 3 nitrogen and oxygen atoms in total. The van der Waals surface area contributed by atoms with Gasteiger partial charge < -0.3 is 10.1 Å². The van der Waals surface area contributed by atoms with Crippen molar-refractivity contribution in [1.82, 2.24) is 5.32 Å². The van der Waals surface area contributed by atoms with E-state index in [2.05, 4.69) is 44.3 Å². The van der Waals surface area contributed by atoms with Crippen LogP contribution in [0.2, 0.25) is 0 Å². The zero-order valence-electron chi connectivity index (χ0n) is 16.7. The van der Waals surface area contributed by atoms with Gasteiger partial charge in [0.1, 0.15) is 5.75 Å². The van der Waals surface area contributed by atoms with Gasteiger partial charge in [0.2, 0.25) is 0 Å². The van der Waals surface area contributed by atoms with Crippen molar-refractivity contribution in [3.8, 4) is 5.75 Å². The molecule has 4 aliphatic carbocycles. The quantitative estimate of drug-likeness (QED) is 0.810. The Morgan fingerprint density at radius 1 is 1.08 bits per heavy atom. The van der Waals surface area contributed by atoms with Gasteiger partial charge >= 0.3 is 0 Å². The molecule has 3 heteroatoms. The molecule has 4 fully saturated rings. The van der Waals surface area contributed by atoms with Gasteiger partial charge in [-0.1, -0.05) is 26.0 Å². The SMILES string of the molecule is Cc1ccc(C(C)C)c(OC(C)C(=O)NC23CC4CC(CC(C4)C2)C3)c1. The summed E-state index contributed by atoms with van der Waals surface area (Å²) in [6.07, 6.45) is 7.26. The zero-order chi connectivity index (χ0) is 18.5. The second-order valence-corrected chi connectivity index (χ2v) is 9.64. The van der Waals surface area contributed by atoms with Crippen molar-refractivity contribution < 1.29 is 9.53 Å². The molecule has 1 amide bonds. The summed E-state index contributed by atoms with van der Waals surface area (Å²) in [7, 11) is 0. The maximum Gasteiger partial charge on any atom is 0.261 e. The lowest BCUT2D eigenvalue weighted by molar-refractivity contribution is -0.133. The standard InChI is InChI=1S/C23H33NO2/c1-14(2)20-6-5-15(3)7-21(20)26-16(4)22(25)24-23-11-17-8-18(12-23)10-19(9-17)13-23/h5-7,14,16-19H,8-13H2,1-4H3,(H,24,25). The van der Waals surface area contributed by atoms with Crippen LogP contribution in [0.25, 0.3) is 0 Å². The lowest BCUT2D eigenvalue weighted by atomic mass is 9.53. The number of hydrogen-bond acceptors (Lipinski definition) is 2. The largest absolute Gasteiger partial charge is 0.481 e. The Hall–Kier alpha value is -1.51. The van der Waals surface area contributed by atoms with E-state index in [9.17, 15) is 4.79 Å². The molecule has 0 radical (unpaired) electrons. The van der Waals surface area contributed by atoms with Gasteiger partial charge in [-0.3, -0.25) is 4.79 Å². The Balaban J connectivity index is 1.45. The van der Waals surface area contributed by atoms with Crippen LogP contribution in [0, 0.1) is 24.7 Å². The zero-order valence-corrected chi connectivity index (χ0v) is 16.7. The van der Waals surface area contributed by atoms with E-state index in [0.717, 1.165) is 29.1 Å². The second kappa shape index (κ2) is 6.58. The fourth-order valence-electron chi connectivity index (χ4n) is 6.09. The highest BCUT2D eigenvalue weighted by Crippen LogP contribution is 2.55. The number of carbonyl (C=O) groups is 1. The number of aryl methyl sites for hydroxylation is 1. The minimum absolute atomic E-state index is 0.0525. The minimum Gasteiger partial charge on any atom is -0.481 e. The predicted octanol–water partition coefficient (Wildman–Crippen LogP) is 4.97. The Bertz CT molecular complexity index is 658. The summed E-state index contributed by atoms with van der Waals surface area (Å²) in [6.45, 7) is 8.29. The van der Waals surface area contributed by atoms with E-state index in [1.807, 2.05) is 6.92 Å². The van der Waals surface area contributed by atoms with Gasteiger partial charge in [-0.25, -0.2) is 0 Å². The van der Waals surface area contributed by atoms with Crippen LogP contribution in [0.3, 0.4) is 0 Å². The fourth-order valence-corrected chi connectivity index (χ4v) is 6.09. The van der Waals surface area contributed by atoms with Crippen LogP contribution in [-0.2, 0) is 4.79 Å². The van der Waals surface area contributed by atoms with Crippen molar-refractivity contribution in [2.24, 2.45) is 17.8 Å². The lowest BCUT2D eigenvalue weighted by Crippen LogP contribution is -2.61. The van der Waals surface area contributed by atoms with Crippen molar-refractivity contribution in [2.45, 2.75) is 83.8 Å². The topological polar surface area (TPSA) is 38.3 Å². The molecule has 0 saturated heterocycles. The molecule has 142 valence electrons. The van der Waals surface area contributed by atoms with Gasteiger partial charge in [0.25, 0.3) is 5.91 Å². The van der Waals surface area contributed by atoms with Gasteiger partial charge in [0.05, 0.1) is 0 Å². The molecule has 0 aliphatic heterocycles. The summed E-state index contributed by atoms with van der Waals surface area (Å²) in [4.78, 5) is 13.0.